The third-order valence-electron chi connectivity index (χ3n) is 5.38. The number of hydrogen-bond acceptors (Lipinski definition) is 9. The fraction of sp³-hybridized carbons (Fsp3) is 0.632. The lowest BCUT2D eigenvalue weighted by Gasteiger charge is -2.20. The molecule has 0 radical (unpaired) electrons. The minimum atomic E-state index is -1.25. The summed E-state index contributed by atoms with van der Waals surface area (Å²) in [6.45, 7) is -0.129. The average molecular weight is 403 g/mol. The van der Waals surface area contributed by atoms with E-state index >= 15 is 0 Å². The Balaban J connectivity index is 1.53. The molecule has 2 unspecified atom stereocenters. The minimum Gasteiger partial charge on any atom is -0.394 e. The molecule has 156 valence electrons. The van der Waals surface area contributed by atoms with E-state index in [1.165, 1.54) is 30.2 Å². The number of nitrogens with two attached hydrogens (primary N) is 1. The first-order chi connectivity index (χ1) is 14.1. The van der Waals surface area contributed by atoms with Gasteiger partial charge in [0, 0.05) is 0 Å². The van der Waals surface area contributed by atoms with Crippen LogP contribution in [0.15, 0.2) is 6.33 Å². The van der Waals surface area contributed by atoms with Gasteiger partial charge in [-0.25, -0.2) is 15.0 Å². The number of anilines is 1. The monoisotopic (exact) mass is 403 g/mol. The Morgan fingerprint density at radius 3 is 2.72 bits per heavy atom. The van der Waals surface area contributed by atoms with Crippen LogP contribution in [0, 0.1) is 11.8 Å². The fourth-order valence-corrected chi connectivity index (χ4v) is 3.80. The molecule has 1 aliphatic heterocycles. The first kappa shape index (κ1) is 20.0. The van der Waals surface area contributed by atoms with Gasteiger partial charge in [-0.15, -0.1) is 0 Å². The highest BCUT2D eigenvalue weighted by Crippen LogP contribution is 2.31. The molecule has 5 N–H and O–H groups in total. The third-order valence-corrected chi connectivity index (χ3v) is 5.38. The molecule has 29 heavy (non-hydrogen) atoms. The third kappa shape index (κ3) is 4.05. The van der Waals surface area contributed by atoms with E-state index < -0.39 is 31.1 Å². The number of fused-ring (bicyclic) bond motifs is 1. The number of aliphatic hydroxyl groups excluding tert-OH is 3. The summed E-state index contributed by atoms with van der Waals surface area (Å²) in [4.78, 5) is 12.7. The Hall–Kier alpha value is -2.29. The predicted octanol–water partition coefficient (Wildman–Crippen LogP) is -0.279. The van der Waals surface area contributed by atoms with Crippen molar-refractivity contribution in [3.63, 3.8) is 0 Å². The van der Waals surface area contributed by atoms with Gasteiger partial charge in [-0.1, -0.05) is 25.2 Å². The minimum absolute atomic E-state index is 0.151. The van der Waals surface area contributed by atoms with Gasteiger partial charge < -0.3 is 30.5 Å². The van der Waals surface area contributed by atoms with Crippen molar-refractivity contribution in [2.45, 2.75) is 62.7 Å². The smallest absolute Gasteiger partial charge is 0.209 e. The SMILES string of the molecule is Nc1nc(C#CCOC2CCCCC2)nc2c1ncn2[C@@H]1O[C@H](CO)C(O)C1O. The average Bonchev–Trinajstić information content (AvgIpc) is 3.28. The molecular weight excluding hydrogens is 378 g/mol. The number of imidazole rings is 1. The maximum absolute atomic E-state index is 10.3. The molecule has 1 saturated heterocycles. The maximum atomic E-state index is 10.3. The molecule has 4 atom stereocenters. The summed E-state index contributed by atoms with van der Waals surface area (Å²) >= 11 is 0. The molecule has 3 heterocycles. The molecule has 0 spiro atoms. The van der Waals surface area contributed by atoms with Crippen LogP contribution in [0.3, 0.4) is 0 Å². The molecular formula is C19H25N5O5. The van der Waals surface area contributed by atoms with E-state index in [0.29, 0.717) is 17.8 Å². The molecule has 2 aromatic heterocycles. The highest BCUT2D eigenvalue weighted by atomic mass is 16.6. The van der Waals surface area contributed by atoms with Crippen molar-refractivity contribution in [3.8, 4) is 11.8 Å². The van der Waals surface area contributed by atoms with Gasteiger partial charge >= 0.3 is 0 Å². The first-order valence-electron chi connectivity index (χ1n) is 9.81. The summed E-state index contributed by atoms with van der Waals surface area (Å²) in [5.41, 5.74) is 6.65. The van der Waals surface area contributed by atoms with Crippen LogP contribution in [0.5, 0.6) is 0 Å². The highest BCUT2D eigenvalue weighted by molar-refractivity contribution is 5.82. The molecule has 10 heteroatoms. The Morgan fingerprint density at radius 2 is 2.00 bits per heavy atom. The van der Waals surface area contributed by atoms with E-state index in [2.05, 4.69) is 26.8 Å². The van der Waals surface area contributed by atoms with E-state index in [0.717, 1.165) is 12.8 Å². The zero-order valence-corrected chi connectivity index (χ0v) is 15.9. The summed E-state index contributed by atoms with van der Waals surface area (Å²) in [6.07, 6.45) is 3.12. The lowest BCUT2D eigenvalue weighted by molar-refractivity contribution is -0.0511. The van der Waals surface area contributed by atoms with E-state index in [4.69, 9.17) is 15.2 Å². The summed E-state index contributed by atoms with van der Waals surface area (Å²) in [7, 11) is 0. The van der Waals surface area contributed by atoms with Crippen molar-refractivity contribution in [1.82, 2.24) is 19.5 Å². The van der Waals surface area contributed by atoms with Gasteiger partial charge in [0.1, 0.15) is 30.4 Å². The van der Waals surface area contributed by atoms with Gasteiger partial charge in [0.15, 0.2) is 17.7 Å². The predicted molar refractivity (Wildman–Crippen MR) is 102 cm³/mol. The van der Waals surface area contributed by atoms with Gasteiger partial charge in [-0.05, 0) is 18.8 Å². The lowest BCUT2D eigenvalue weighted by Crippen LogP contribution is -2.33. The topological polar surface area (TPSA) is 149 Å². The lowest BCUT2D eigenvalue weighted by atomic mass is 9.98. The number of hydrogen-bond donors (Lipinski definition) is 4. The second-order valence-corrected chi connectivity index (χ2v) is 7.36. The number of aromatic nitrogens is 4. The van der Waals surface area contributed by atoms with Gasteiger partial charge in [-0.2, -0.15) is 0 Å². The Kier molecular flexibility index (Phi) is 5.94. The second-order valence-electron chi connectivity index (χ2n) is 7.36. The van der Waals surface area contributed by atoms with Crippen LogP contribution in [0.2, 0.25) is 0 Å². The van der Waals surface area contributed by atoms with E-state index in [1.54, 1.807) is 0 Å². The quantitative estimate of drug-likeness (QED) is 0.506. The standard InChI is InChI=1S/C19H25N5O5/c20-17-14-18(24(10-21-14)19-16(27)15(26)12(9-25)29-19)23-13(22-17)7-4-8-28-11-5-2-1-3-6-11/h10-12,15-16,19,25-27H,1-3,5-6,8-9H2,(H2,20,22,23)/t12-,15?,16?,19-/m1/s1. The van der Waals surface area contributed by atoms with Crippen molar-refractivity contribution in [2.24, 2.45) is 0 Å². The largest absolute Gasteiger partial charge is 0.394 e. The van der Waals surface area contributed by atoms with Crippen LogP contribution in [0.25, 0.3) is 11.2 Å². The van der Waals surface area contributed by atoms with Crippen LogP contribution >= 0.6 is 0 Å². The fourth-order valence-electron chi connectivity index (χ4n) is 3.80. The Labute approximate surface area is 167 Å². The summed E-state index contributed by atoms with van der Waals surface area (Å²) < 4.78 is 12.8. The molecule has 4 rings (SSSR count). The van der Waals surface area contributed by atoms with E-state index in [9.17, 15) is 15.3 Å². The molecule has 1 aliphatic carbocycles. The van der Waals surface area contributed by atoms with E-state index in [-0.39, 0.29) is 17.7 Å². The zero-order chi connectivity index (χ0) is 20.4. The molecule has 0 aromatic carbocycles. The number of nitrogen functional groups attached to an aromatic ring is 1. The highest BCUT2D eigenvalue weighted by Gasteiger charge is 2.44. The van der Waals surface area contributed by atoms with Crippen molar-refractivity contribution >= 4 is 17.0 Å². The number of rotatable bonds is 4. The second kappa shape index (κ2) is 8.61. The molecule has 2 aliphatic rings. The first-order valence-corrected chi connectivity index (χ1v) is 9.81. The van der Waals surface area contributed by atoms with Gasteiger partial charge in [0.05, 0.1) is 19.0 Å². The van der Waals surface area contributed by atoms with Crippen molar-refractivity contribution < 1.29 is 24.8 Å². The van der Waals surface area contributed by atoms with Crippen LogP contribution in [-0.4, -0.2) is 72.5 Å². The molecule has 10 nitrogen and oxygen atoms in total. The normalized spacial score (nSPS) is 27.8. The zero-order valence-electron chi connectivity index (χ0n) is 15.9. The van der Waals surface area contributed by atoms with Gasteiger partial charge in [-0.3, -0.25) is 4.57 Å². The van der Waals surface area contributed by atoms with Crippen molar-refractivity contribution in [3.05, 3.63) is 12.2 Å². The van der Waals surface area contributed by atoms with Crippen molar-refractivity contribution in [1.29, 1.82) is 0 Å². The maximum Gasteiger partial charge on any atom is 0.209 e. The summed E-state index contributed by atoms with van der Waals surface area (Å²) in [5, 5.41) is 29.6. The Morgan fingerprint density at radius 1 is 1.21 bits per heavy atom. The molecule has 2 fully saturated rings. The van der Waals surface area contributed by atoms with E-state index in [1.807, 2.05) is 0 Å². The molecule has 2 aromatic rings. The number of nitrogens with zero attached hydrogens (tertiary/aromatic N) is 4. The van der Waals surface area contributed by atoms with Gasteiger partial charge in [0.25, 0.3) is 0 Å². The molecule has 0 amide bonds. The van der Waals surface area contributed by atoms with Gasteiger partial charge in [0.2, 0.25) is 5.82 Å². The van der Waals surface area contributed by atoms with Crippen LogP contribution in [0.4, 0.5) is 5.82 Å². The number of aliphatic hydroxyl groups is 3. The van der Waals surface area contributed by atoms with Crippen LogP contribution in [-0.2, 0) is 9.47 Å². The summed E-state index contributed by atoms with van der Waals surface area (Å²) in [6, 6.07) is 0. The molecule has 1 saturated carbocycles. The van der Waals surface area contributed by atoms with Crippen molar-refractivity contribution in [2.75, 3.05) is 18.9 Å². The number of ether oxygens (including phenoxy) is 2. The van der Waals surface area contributed by atoms with Crippen LogP contribution in [0.1, 0.15) is 44.2 Å². The molecule has 0 bridgehead atoms. The Bertz CT molecular complexity index is 917. The van der Waals surface area contributed by atoms with Crippen LogP contribution < -0.4 is 5.73 Å². The summed E-state index contributed by atoms with van der Waals surface area (Å²) in [5.74, 6) is 6.13.